The van der Waals surface area contributed by atoms with Crippen molar-refractivity contribution < 1.29 is 5.11 Å². The Bertz CT molecular complexity index is 132. The molecule has 0 aliphatic heterocycles. The van der Waals surface area contributed by atoms with E-state index in [4.69, 9.17) is 0 Å². The van der Waals surface area contributed by atoms with Crippen LogP contribution in [0, 0.1) is 0 Å². The molecule has 0 heterocycles. The number of aliphatic hydroxyl groups is 1. The van der Waals surface area contributed by atoms with E-state index in [1.54, 1.807) is 0 Å². The first kappa shape index (κ1) is 7.56. The minimum Gasteiger partial charge on any atom is -0.393 e. The zero-order chi connectivity index (χ0) is 7.68. The Hall–Kier alpha value is -0.0800. The number of nitrogens with one attached hydrogen (secondary N) is 1. The molecule has 0 saturated heterocycles. The van der Waals surface area contributed by atoms with E-state index in [-0.39, 0.29) is 6.10 Å². The Morgan fingerprint density at radius 2 is 1.82 bits per heavy atom. The minimum atomic E-state index is -0.0278. The predicted octanol–water partition coefficient (Wildman–Crippen LogP) is 1.04. The standard InChI is InChI=1S/C9H17NO/c11-9-3-1-2-8(6-9)10-7-4-5-7/h7-11H,1-6H2. The first-order valence-electron chi connectivity index (χ1n) is 4.79. The van der Waals surface area contributed by atoms with Crippen LogP contribution in [0.4, 0.5) is 0 Å². The van der Waals surface area contributed by atoms with Crippen molar-refractivity contribution in [3.05, 3.63) is 0 Å². The quantitative estimate of drug-likeness (QED) is 0.624. The zero-order valence-corrected chi connectivity index (χ0v) is 6.92. The normalized spacial score (nSPS) is 39.0. The van der Waals surface area contributed by atoms with Crippen molar-refractivity contribution in [1.82, 2.24) is 5.32 Å². The van der Waals surface area contributed by atoms with Gasteiger partial charge in [0, 0.05) is 12.1 Å². The minimum absolute atomic E-state index is 0.0278. The molecule has 0 aromatic carbocycles. The first-order chi connectivity index (χ1) is 5.34. The van der Waals surface area contributed by atoms with Gasteiger partial charge in [-0.2, -0.15) is 0 Å². The van der Waals surface area contributed by atoms with Crippen molar-refractivity contribution in [1.29, 1.82) is 0 Å². The lowest BCUT2D eigenvalue weighted by molar-refractivity contribution is 0.111. The Labute approximate surface area is 68.0 Å². The topological polar surface area (TPSA) is 32.3 Å². The summed E-state index contributed by atoms with van der Waals surface area (Å²) in [6.07, 6.45) is 7.15. The number of rotatable bonds is 2. The highest BCUT2D eigenvalue weighted by atomic mass is 16.3. The van der Waals surface area contributed by atoms with Gasteiger partial charge in [0.05, 0.1) is 6.10 Å². The molecular weight excluding hydrogens is 138 g/mol. The van der Waals surface area contributed by atoms with Gasteiger partial charge >= 0.3 is 0 Å². The molecule has 0 amide bonds. The summed E-state index contributed by atoms with van der Waals surface area (Å²) < 4.78 is 0. The van der Waals surface area contributed by atoms with Gasteiger partial charge in [0.1, 0.15) is 0 Å². The van der Waals surface area contributed by atoms with Crippen LogP contribution in [0.1, 0.15) is 38.5 Å². The summed E-state index contributed by atoms with van der Waals surface area (Å²) in [6, 6.07) is 1.41. The van der Waals surface area contributed by atoms with Gasteiger partial charge in [-0.3, -0.25) is 0 Å². The molecule has 2 nitrogen and oxygen atoms in total. The van der Waals surface area contributed by atoms with Crippen molar-refractivity contribution >= 4 is 0 Å². The maximum absolute atomic E-state index is 9.37. The molecule has 11 heavy (non-hydrogen) atoms. The van der Waals surface area contributed by atoms with Gasteiger partial charge in [0.25, 0.3) is 0 Å². The number of aliphatic hydroxyl groups excluding tert-OH is 1. The smallest absolute Gasteiger partial charge is 0.0555 e. The van der Waals surface area contributed by atoms with E-state index >= 15 is 0 Å². The molecule has 0 radical (unpaired) electrons. The maximum Gasteiger partial charge on any atom is 0.0555 e. The van der Waals surface area contributed by atoms with Gasteiger partial charge in [-0.05, 0) is 38.5 Å². The van der Waals surface area contributed by atoms with Crippen LogP contribution in [0.15, 0.2) is 0 Å². The monoisotopic (exact) mass is 155 g/mol. The van der Waals surface area contributed by atoms with Crippen molar-refractivity contribution in [2.24, 2.45) is 0 Å². The summed E-state index contributed by atoms with van der Waals surface area (Å²) in [4.78, 5) is 0. The summed E-state index contributed by atoms with van der Waals surface area (Å²) in [5, 5.41) is 12.9. The van der Waals surface area contributed by atoms with E-state index in [1.807, 2.05) is 0 Å². The van der Waals surface area contributed by atoms with E-state index in [0.29, 0.717) is 6.04 Å². The van der Waals surface area contributed by atoms with Gasteiger partial charge in [-0.1, -0.05) is 0 Å². The Morgan fingerprint density at radius 3 is 2.45 bits per heavy atom. The second-order valence-electron chi connectivity index (χ2n) is 3.96. The lowest BCUT2D eigenvalue weighted by Crippen LogP contribution is -2.37. The molecule has 2 atom stereocenters. The van der Waals surface area contributed by atoms with E-state index in [9.17, 15) is 5.11 Å². The van der Waals surface area contributed by atoms with E-state index < -0.39 is 0 Å². The highest BCUT2D eigenvalue weighted by Crippen LogP contribution is 2.24. The molecule has 0 aromatic heterocycles. The summed E-state index contributed by atoms with van der Waals surface area (Å²) in [5.41, 5.74) is 0. The fourth-order valence-electron chi connectivity index (χ4n) is 1.90. The van der Waals surface area contributed by atoms with Crippen LogP contribution in [0.25, 0.3) is 0 Å². The number of hydrogen-bond donors (Lipinski definition) is 2. The van der Waals surface area contributed by atoms with Crippen LogP contribution in [0.2, 0.25) is 0 Å². The SMILES string of the molecule is OC1CCCC(NC2CC2)C1. The molecule has 2 aliphatic rings. The van der Waals surface area contributed by atoms with Crippen molar-refractivity contribution in [2.75, 3.05) is 0 Å². The van der Waals surface area contributed by atoms with E-state index in [2.05, 4.69) is 5.32 Å². The molecule has 2 unspecified atom stereocenters. The molecule has 2 N–H and O–H groups in total. The fourth-order valence-corrected chi connectivity index (χ4v) is 1.90. The van der Waals surface area contributed by atoms with Crippen molar-refractivity contribution in [3.8, 4) is 0 Å². The van der Waals surface area contributed by atoms with Gasteiger partial charge < -0.3 is 10.4 Å². The Kier molecular flexibility index (Phi) is 2.14. The van der Waals surface area contributed by atoms with Crippen LogP contribution in [-0.2, 0) is 0 Å². The van der Waals surface area contributed by atoms with Crippen LogP contribution in [-0.4, -0.2) is 23.3 Å². The van der Waals surface area contributed by atoms with E-state index in [1.165, 1.54) is 25.7 Å². The van der Waals surface area contributed by atoms with Gasteiger partial charge in [-0.25, -0.2) is 0 Å². The van der Waals surface area contributed by atoms with Gasteiger partial charge in [0.15, 0.2) is 0 Å². The largest absolute Gasteiger partial charge is 0.393 e. The summed E-state index contributed by atoms with van der Waals surface area (Å²) in [7, 11) is 0. The third-order valence-corrected chi connectivity index (χ3v) is 2.70. The molecule has 64 valence electrons. The average Bonchev–Trinajstić information content (AvgIpc) is 2.71. The Balaban J connectivity index is 1.73. The molecule has 2 rings (SSSR count). The summed E-state index contributed by atoms with van der Waals surface area (Å²) >= 11 is 0. The Morgan fingerprint density at radius 1 is 1.00 bits per heavy atom. The summed E-state index contributed by atoms with van der Waals surface area (Å²) in [5.74, 6) is 0. The second kappa shape index (κ2) is 3.11. The van der Waals surface area contributed by atoms with Gasteiger partial charge in [-0.15, -0.1) is 0 Å². The third-order valence-electron chi connectivity index (χ3n) is 2.70. The number of hydrogen-bond acceptors (Lipinski definition) is 2. The maximum atomic E-state index is 9.37. The molecule has 0 spiro atoms. The highest BCUT2D eigenvalue weighted by Gasteiger charge is 2.27. The van der Waals surface area contributed by atoms with Gasteiger partial charge in [0.2, 0.25) is 0 Å². The zero-order valence-electron chi connectivity index (χ0n) is 6.92. The second-order valence-corrected chi connectivity index (χ2v) is 3.96. The summed E-state index contributed by atoms with van der Waals surface area (Å²) in [6.45, 7) is 0. The van der Waals surface area contributed by atoms with Crippen LogP contribution < -0.4 is 5.32 Å². The van der Waals surface area contributed by atoms with E-state index in [0.717, 1.165) is 18.9 Å². The molecule has 2 heteroatoms. The molecule has 2 fully saturated rings. The highest BCUT2D eigenvalue weighted by molar-refractivity contribution is 4.87. The van der Waals surface area contributed by atoms with Crippen LogP contribution in [0.3, 0.4) is 0 Å². The molecule has 0 bridgehead atoms. The van der Waals surface area contributed by atoms with Crippen LogP contribution >= 0.6 is 0 Å². The van der Waals surface area contributed by atoms with Crippen LogP contribution in [0.5, 0.6) is 0 Å². The molecular formula is C9H17NO. The lowest BCUT2D eigenvalue weighted by Gasteiger charge is -2.26. The molecule has 0 aromatic rings. The first-order valence-corrected chi connectivity index (χ1v) is 4.79. The van der Waals surface area contributed by atoms with Crippen molar-refractivity contribution in [2.45, 2.75) is 56.7 Å². The molecule has 2 saturated carbocycles. The third kappa shape index (κ3) is 2.17. The predicted molar refractivity (Wildman–Crippen MR) is 44.4 cm³/mol. The fraction of sp³-hybridized carbons (Fsp3) is 1.00. The molecule has 2 aliphatic carbocycles. The lowest BCUT2D eigenvalue weighted by atomic mass is 9.93. The average molecular weight is 155 g/mol. The van der Waals surface area contributed by atoms with Crippen molar-refractivity contribution in [3.63, 3.8) is 0 Å².